The molecule has 1 N–H and O–H groups in total. The highest BCUT2D eigenvalue weighted by Crippen LogP contribution is 2.02. The van der Waals surface area contributed by atoms with Crippen molar-refractivity contribution < 1.29 is 9.90 Å². The number of unbranched alkanes of at least 4 members (excludes halogenated alkanes) is 6. The summed E-state index contributed by atoms with van der Waals surface area (Å²) in [4.78, 5) is 10.2. The van der Waals surface area contributed by atoms with Crippen LogP contribution in [0.2, 0.25) is 0 Å². The van der Waals surface area contributed by atoms with Gasteiger partial charge in [0.25, 0.3) is 0 Å². The molecular formula is C13H22O2. The SMILES string of the molecule is CCCCCCC#CCCCCC(=O)O. The Morgan fingerprint density at radius 2 is 1.60 bits per heavy atom. The van der Waals surface area contributed by atoms with Gasteiger partial charge >= 0.3 is 5.97 Å². The van der Waals surface area contributed by atoms with E-state index in [-0.39, 0.29) is 6.42 Å². The molecule has 0 heterocycles. The van der Waals surface area contributed by atoms with E-state index in [9.17, 15) is 4.79 Å². The summed E-state index contributed by atoms with van der Waals surface area (Å²) in [7, 11) is 0. The fraction of sp³-hybridized carbons (Fsp3) is 0.769. The smallest absolute Gasteiger partial charge is 0.303 e. The minimum Gasteiger partial charge on any atom is -0.481 e. The molecule has 2 nitrogen and oxygen atoms in total. The van der Waals surface area contributed by atoms with Gasteiger partial charge in [0.05, 0.1) is 0 Å². The number of carboxylic acids is 1. The Bertz CT molecular complexity index is 210. The van der Waals surface area contributed by atoms with E-state index < -0.39 is 5.97 Å². The van der Waals surface area contributed by atoms with E-state index in [1.807, 2.05) is 0 Å². The van der Waals surface area contributed by atoms with Crippen molar-refractivity contribution in [2.45, 2.75) is 64.7 Å². The fourth-order valence-corrected chi connectivity index (χ4v) is 1.31. The molecular weight excluding hydrogens is 188 g/mol. The second-order valence-corrected chi connectivity index (χ2v) is 3.77. The maximum absolute atomic E-state index is 10.2. The van der Waals surface area contributed by atoms with Crippen molar-refractivity contribution >= 4 is 5.97 Å². The molecule has 0 atom stereocenters. The van der Waals surface area contributed by atoms with E-state index in [0.717, 1.165) is 25.7 Å². The normalized spacial score (nSPS) is 9.40. The zero-order valence-electron chi connectivity index (χ0n) is 9.72. The van der Waals surface area contributed by atoms with Gasteiger partial charge in [-0.3, -0.25) is 4.79 Å². The standard InChI is InChI=1S/C13H22O2/c1-2-3-4-5-6-7-8-9-10-11-12-13(14)15/h2-6,9-12H2,1H3,(H,14,15). The maximum Gasteiger partial charge on any atom is 0.303 e. The highest BCUT2D eigenvalue weighted by molar-refractivity contribution is 5.66. The Morgan fingerprint density at radius 1 is 1.00 bits per heavy atom. The van der Waals surface area contributed by atoms with Crippen LogP contribution in [0, 0.1) is 11.8 Å². The van der Waals surface area contributed by atoms with Gasteiger partial charge in [0.15, 0.2) is 0 Å². The molecule has 0 saturated heterocycles. The predicted molar refractivity (Wildman–Crippen MR) is 62.6 cm³/mol. The molecule has 2 heteroatoms. The van der Waals surface area contributed by atoms with Crippen molar-refractivity contribution in [3.05, 3.63) is 0 Å². The molecule has 0 radical (unpaired) electrons. The van der Waals surface area contributed by atoms with Crippen LogP contribution in [-0.4, -0.2) is 11.1 Å². The predicted octanol–water partition coefficient (Wildman–Crippen LogP) is 3.61. The van der Waals surface area contributed by atoms with Gasteiger partial charge in [-0.15, -0.1) is 11.8 Å². The van der Waals surface area contributed by atoms with E-state index >= 15 is 0 Å². The average molecular weight is 210 g/mol. The molecule has 0 aliphatic rings. The molecule has 0 aromatic rings. The zero-order chi connectivity index (χ0) is 11.4. The fourth-order valence-electron chi connectivity index (χ4n) is 1.31. The number of rotatable bonds is 8. The Hall–Kier alpha value is -0.970. The Kier molecular flexibility index (Phi) is 10.4. The number of hydrogen-bond donors (Lipinski definition) is 1. The van der Waals surface area contributed by atoms with Crippen LogP contribution in [0.25, 0.3) is 0 Å². The first-order chi connectivity index (χ1) is 7.27. The van der Waals surface area contributed by atoms with Gasteiger partial charge in [-0.25, -0.2) is 0 Å². The van der Waals surface area contributed by atoms with E-state index in [0.29, 0.717) is 0 Å². The number of carbonyl (C=O) groups is 1. The Balaban J connectivity index is 3.13. The van der Waals surface area contributed by atoms with Crippen LogP contribution < -0.4 is 0 Å². The minimum absolute atomic E-state index is 0.276. The van der Waals surface area contributed by atoms with Crippen molar-refractivity contribution in [2.24, 2.45) is 0 Å². The largest absolute Gasteiger partial charge is 0.481 e. The van der Waals surface area contributed by atoms with Gasteiger partial charge in [0.1, 0.15) is 0 Å². The number of aliphatic carboxylic acids is 1. The van der Waals surface area contributed by atoms with Crippen molar-refractivity contribution in [3.8, 4) is 11.8 Å². The summed E-state index contributed by atoms with van der Waals surface area (Å²) < 4.78 is 0. The summed E-state index contributed by atoms with van der Waals surface area (Å²) in [5.41, 5.74) is 0. The molecule has 0 rings (SSSR count). The summed E-state index contributed by atoms with van der Waals surface area (Å²) in [6.07, 6.45) is 8.84. The van der Waals surface area contributed by atoms with Gasteiger partial charge in [0, 0.05) is 19.3 Å². The molecule has 0 aromatic heterocycles. The van der Waals surface area contributed by atoms with Crippen molar-refractivity contribution in [1.82, 2.24) is 0 Å². The van der Waals surface area contributed by atoms with Crippen LogP contribution in [0.5, 0.6) is 0 Å². The molecule has 0 fully saturated rings. The molecule has 0 aliphatic heterocycles. The van der Waals surface area contributed by atoms with Gasteiger partial charge in [0.2, 0.25) is 0 Å². The molecule has 0 aliphatic carbocycles. The van der Waals surface area contributed by atoms with Gasteiger partial charge in [-0.05, 0) is 19.3 Å². The summed E-state index contributed by atoms with van der Waals surface area (Å²) in [5, 5.41) is 8.40. The lowest BCUT2D eigenvalue weighted by molar-refractivity contribution is -0.137. The lowest BCUT2D eigenvalue weighted by atomic mass is 10.1. The molecule has 0 unspecified atom stereocenters. The molecule has 0 bridgehead atoms. The van der Waals surface area contributed by atoms with E-state index in [4.69, 9.17) is 5.11 Å². The van der Waals surface area contributed by atoms with Crippen LogP contribution in [0.4, 0.5) is 0 Å². The summed E-state index contributed by atoms with van der Waals surface area (Å²) >= 11 is 0. The number of hydrogen-bond acceptors (Lipinski definition) is 1. The third kappa shape index (κ3) is 13.0. The van der Waals surface area contributed by atoms with Crippen molar-refractivity contribution in [1.29, 1.82) is 0 Å². The molecule has 0 saturated carbocycles. The van der Waals surface area contributed by atoms with Crippen LogP contribution >= 0.6 is 0 Å². The third-order valence-corrected chi connectivity index (χ3v) is 2.22. The van der Waals surface area contributed by atoms with Gasteiger partial charge in [-0.1, -0.05) is 26.2 Å². The van der Waals surface area contributed by atoms with E-state index in [1.54, 1.807) is 0 Å². The van der Waals surface area contributed by atoms with Crippen LogP contribution in [0.3, 0.4) is 0 Å². The van der Waals surface area contributed by atoms with Crippen LogP contribution in [0.1, 0.15) is 64.7 Å². The van der Waals surface area contributed by atoms with Crippen LogP contribution in [-0.2, 0) is 4.79 Å². The molecule has 0 amide bonds. The van der Waals surface area contributed by atoms with Crippen molar-refractivity contribution in [3.63, 3.8) is 0 Å². The van der Waals surface area contributed by atoms with Gasteiger partial charge in [-0.2, -0.15) is 0 Å². The first-order valence-electron chi connectivity index (χ1n) is 5.95. The number of carboxylic acid groups (broad SMARTS) is 1. The zero-order valence-corrected chi connectivity index (χ0v) is 9.72. The quantitative estimate of drug-likeness (QED) is 0.491. The second kappa shape index (κ2) is 11.1. The summed E-state index contributed by atoms with van der Waals surface area (Å²) in [6, 6.07) is 0. The highest BCUT2D eigenvalue weighted by Gasteiger charge is 1.94. The van der Waals surface area contributed by atoms with Gasteiger partial charge < -0.3 is 5.11 Å². The van der Waals surface area contributed by atoms with E-state index in [2.05, 4.69) is 18.8 Å². The molecule has 0 spiro atoms. The topological polar surface area (TPSA) is 37.3 Å². The Morgan fingerprint density at radius 3 is 2.13 bits per heavy atom. The van der Waals surface area contributed by atoms with Crippen LogP contribution in [0.15, 0.2) is 0 Å². The molecule has 0 aromatic carbocycles. The Labute approximate surface area is 93.1 Å². The highest BCUT2D eigenvalue weighted by atomic mass is 16.4. The average Bonchev–Trinajstić information content (AvgIpc) is 2.20. The summed E-state index contributed by atoms with van der Waals surface area (Å²) in [6.45, 7) is 2.20. The third-order valence-electron chi connectivity index (χ3n) is 2.22. The first kappa shape index (κ1) is 14.0. The molecule has 15 heavy (non-hydrogen) atoms. The lowest BCUT2D eigenvalue weighted by Gasteiger charge is -1.92. The van der Waals surface area contributed by atoms with E-state index in [1.165, 1.54) is 25.7 Å². The lowest BCUT2D eigenvalue weighted by Crippen LogP contribution is -1.92. The maximum atomic E-state index is 10.2. The van der Waals surface area contributed by atoms with Crippen molar-refractivity contribution in [2.75, 3.05) is 0 Å². The first-order valence-corrected chi connectivity index (χ1v) is 5.95. The minimum atomic E-state index is -0.706. The summed E-state index contributed by atoms with van der Waals surface area (Å²) in [5.74, 6) is 5.52. The second-order valence-electron chi connectivity index (χ2n) is 3.77. The molecule has 86 valence electrons. The monoisotopic (exact) mass is 210 g/mol.